The molecule has 0 unspecified atom stereocenters. The number of methoxy groups -OCH3 is 1. The standard InChI is InChI=1S/C22H21Cl2N3O6S2/c1-33-21-12-9-18(13-20(21)24)27(34(2,29)30)14-22(28)25-16-7-10-19(11-8-16)35(31,32)26-17-5-3-15(23)4-6-17/h3-13,26H,14H2,1-2H3,(H,25,28). The van der Waals surface area contributed by atoms with E-state index in [9.17, 15) is 21.6 Å². The molecule has 0 heterocycles. The summed E-state index contributed by atoms with van der Waals surface area (Å²) in [6.07, 6.45) is 0.964. The number of halogens is 2. The molecule has 0 aliphatic heterocycles. The van der Waals surface area contributed by atoms with Crippen LogP contribution < -0.4 is 19.1 Å². The van der Waals surface area contributed by atoms with Gasteiger partial charge in [0.25, 0.3) is 10.0 Å². The van der Waals surface area contributed by atoms with Crippen LogP contribution in [-0.4, -0.2) is 42.7 Å². The van der Waals surface area contributed by atoms with E-state index in [-0.39, 0.29) is 21.3 Å². The average Bonchev–Trinajstić information content (AvgIpc) is 2.78. The van der Waals surface area contributed by atoms with Gasteiger partial charge in [0.2, 0.25) is 15.9 Å². The van der Waals surface area contributed by atoms with E-state index in [0.29, 0.717) is 16.5 Å². The van der Waals surface area contributed by atoms with Crippen LogP contribution in [0.5, 0.6) is 5.75 Å². The highest BCUT2D eigenvalue weighted by atomic mass is 35.5. The van der Waals surface area contributed by atoms with Crippen molar-refractivity contribution < 1.29 is 26.4 Å². The molecule has 9 nitrogen and oxygen atoms in total. The van der Waals surface area contributed by atoms with Gasteiger partial charge in [-0.05, 0) is 66.7 Å². The van der Waals surface area contributed by atoms with Crippen molar-refractivity contribution in [2.45, 2.75) is 4.90 Å². The number of rotatable bonds is 9. The topological polar surface area (TPSA) is 122 Å². The molecule has 3 rings (SSSR count). The molecular weight excluding hydrogens is 537 g/mol. The van der Waals surface area contributed by atoms with Crippen molar-refractivity contribution in [2.24, 2.45) is 0 Å². The summed E-state index contributed by atoms with van der Waals surface area (Å²) in [6.45, 7) is -0.528. The summed E-state index contributed by atoms with van der Waals surface area (Å²) in [7, 11) is -6.27. The van der Waals surface area contributed by atoms with Gasteiger partial charge in [0.15, 0.2) is 0 Å². The van der Waals surface area contributed by atoms with E-state index in [1.807, 2.05) is 0 Å². The van der Waals surface area contributed by atoms with Gasteiger partial charge in [-0.25, -0.2) is 16.8 Å². The van der Waals surface area contributed by atoms with Gasteiger partial charge in [-0.1, -0.05) is 23.2 Å². The molecule has 13 heteroatoms. The Labute approximate surface area is 213 Å². The fourth-order valence-corrected chi connectivity index (χ4v) is 5.28. The van der Waals surface area contributed by atoms with Crippen LogP contribution >= 0.6 is 23.2 Å². The van der Waals surface area contributed by atoms with Crippen molar-refractivity contribution in [3.63, 3.8) is 0 Å². The number of nitrogens with one attached hydrogen (secondary N) is 2. The lowest BCUT2D eigenvalue weighted by Crippen LogP contribution is -2.37. The van der Waals surface area contributed by atoms with Crippen molar-refractivity contribution >= 4 is 66.2 Å². The SMILES string of the molecule is COc1ccc(N(CC(=O)Nc2ccc(S(=O)(=O)Nc3ccc(Cl)cc3)cc2)S(C)(=O)=O)cc1Cl. The van der Waals surface area contributed by atoms with Crippen molar-refractivity contribution in [2.75, 3.05) is 34.3 Å². The van der Waals surface area contributed by atoms with E-state index in [4.69, 9.17) is 27.9 Å². The van der Waals surface area contributed by atoms with Gasteiger partial charge in [-0.3, -0.25) is 13.8 Å². The highest BCUT2D eigenvalue weighted by Gasteiger charge is 2.22. The minimum Gasteiger partial charge on any atom is -0.495 e. The number of amides is 1. The molecule has 0 bridgehead atoms. The lowest BCUT2D eigenvalue weighted by molar-refractivity contribution is -0.114. The molecule has 3 aromatic carbocycles. The van der Waals surface area contributed by atoms with Crippen molar-refractivity contribution in [3.8, 4) is 5.75 Å². The smallest absolute Gasteiger partial charge is 0.261 e. The van der Waals surface area contributed by atoms with E-state index < -0.39 is 32.5 Å². The first-order valence-corrected chi connectivity index (χ1v) is 14.0. The predicted octanol–water partition coefficient (Wildman–Crippen LogP) is 4.21. The Balaban J connectivity index is 1.72. The molecule has 0 saturated carbocycles. The molecule has 0 radical (unpaired) electrons. The molecule has 0 aliphatic carbocycles. The molecule has 186 valence electrons. The maximum atomic E-state index is 12.6. The molecular formula is C22H21Cl2N3O6S2. The molecule has 0 atom stereocenters. The van der Waals surface area contributed by atoms with E-state index >= 15 is 0 Å². The van der Waals surface area contributed by atoms with Crippen LogP contribution in [-0.2, 0) is 24.8 Å². The number of carbonyl (C=O) groups is 1. The van der Waals surface area contributed by atoms with Gasteiger partial charge in [-0.2, -0.15) is 0 Å². The third-order valence-corrected chi connectivity index (χ3v) is 7.74. The minimum atomic E-state index is -3.87. The van der Waals surface area contributed by atoms with Gasteiger partial charge >= 0.3 is 0 Å². The molecule has 0 saturated heterocycles. The number of sulfonamides is 2. The summed E-state index contributed by atoms with van der Waals surface area (Å²) in [5.41, 5.74) is 0.802. The zero-order valence-electron chi connectivity index (χ0n) is 18.5. The Morgan fingerprint density at radius 1 is 0.914 bits per heavy atom. The Morgan fingerprint density at radius 3 is 2.06 bits per heavy atom. The number of hydrogen-bond donors (Lipinski definition) is 2. The maximum absolute atomic E-state index is 12.6. The lowest BCUT2D eigenvalue weighted by atomic mass is 10.3. The second-order valence-corrected chi connectivity index (χ2v) is 11.7. The Kier molecular flexibility index (Phi) is 8.16. The summed E-state index contributed by atoms with van der Waals surface area (Å²) in [6, 6.07) is 15.9. The van der Waals surface area contributed by atoms with Crippen LogP contribution in [0.3, 0.4) is 0 Å². The van der Waals surface area contributed by atoms with Crippen LogP contribution in [0, 0.1) is 0 Å². The summed E-state index contributed by atoms with van der Waals surface area (Å²) in [5, 5.41) is 3.21. The summed E-state index contributed by atoms with van der Waals surface area (Å²) < 4.78 is 58.1. The molecule has 3 aromatic rings. The number of nitrogens with zero attached hydrogens (tertiary/aromatic N) is 1. The second kappa shape index (κ2) is 10.7. The number of carbonyl (C=O) groups excluding carboxylic acids is 1. The van der Waals surface area contributed by atoms with Crippen LogP contribution in [0.1, 0.15) is 0 Å². The third kappa shape index (κ3) is 7.01. The number of anilines is 3. The van der Waals surface area contributed by atoms with Gasteiger partial charge < -0.3 is 10.1 Å². The zero-order valence-corrected chi connectivity index (χ0v) is 21.7. The molecule has 0 spiro atoms. The average molecular weight is 558 g/mol. The maximum Gasteiger partial charge on any atom is 0.261 e. The first-order chi connectivity index (χ1) is 16.4. The normalized spacial score (nSPS) is 11.5. The fraction of sp³-hybridized carbons (Fsp3) is 0.136. The van der Waals surface area contributed by atoms with Gasteiger partial charge in [0, 0.05) is 16.4 Å². The van der Waals surface area contributed by atoms with Crippen LogP contribution in [0.2, 0.25) is 10.0 Å². The van der Waals surface area contributed by atoms with Gasteiger partial charge in [0.1, 0.15) is 12.3 Å². The molecule has 35 heavy (non-hydrogen) atoms. The highest BCUT2D eigenvalue weighted by molar-refractivity contribution is 7.92. The van der Waals surface area contributed by atoms with E-state index in [1.54, 1.807) is 12.1 Å². The highest BCUT2D eigenvalue weighted by Crippen LogP contribution is 2.30. The predicted molar refractivity (Wildman–Crippen MR) is 138 cm³/mol. The summed E-state index contributed by atoms with van der Waals surface area (Å²) in [5.74, 6) is -0.286. The Morgan fingerprint density at radius 2 is 1.51 bits per heavy atom. The van der Waals surface area contributed by atoms with Gasteiger partial charge in [0.05, 0.1) is 29.0 Å². The monoisotopic (exact) mass is 557 g/mol. The second-order valence-electron chi connectivity index (χ2n) is 7.27. The lowest BCUT2D eigenvalue weighted by Gasteiger charge is -2.22. The number of hydrogen-bond acceptors (Lipinski definition) is 6. The zero-order chi connectivity index (χ0) is 25.8. The van der Waals surface area contributed by atoms with E-state index in [0.717, 1.165) is 10.6 Å². The summed E-state index contributed by atoms with van der Waals surface area (Å²) >= 11 is 11.9. The molecule has 2 N–H and O–H groups in total. The third-order valence-electron chi connectivity index (χ3n) is 4.66. The van der Waals surface area contributed by atoms with Crippen molar-refractivity contribution in [1.82, 2.24) is 0 Å². The van der Waals surface area contributed by atoms with E-state index in [1.165, 1.54) is 61.7 Å². The quantitative estimate of drug-likeness (QED) is 0.406. The number of benzene rings is 3. The van der Waals surface area contributed by atoms with Crippen LogP contribution in [0.25, 0.3) is 0 Å². The van der Waals surface area contributed by atoms with Crippen molar-refractivity contribution in [1.29, 1.82) is 0 Å². The van der Waals surface area contributed by atoms with Crippen LogP contribution in [0.15, 0.2) is 71.6 Å². The van der Waals surface area contributed by atoms with Crippen molar-refractivity contribution in [3.05, 3.63) is 76.8 Å². The number of ether oxygens (including phenoxy) is 1. The Hall–Kier alpha value is -2.99. The van der Waals surface area contributed by atoms with Gasteiger partial charge in [-0.15, -0.1) is 0 Å². The first kappa shape index (κ1) is 26.6. The molecule has 0 fully saturated rings. The molecule has 0 aliphatic rings. The molecule has 1 amide bonds. The largest absolute Gasteiger partial charge is 0.495 e. The Bertz CT molecular complexity index is 1430. The molecule has 0 aromatic heterocycles. The minimum absolute atomic E-state index is 0.0314. The summed E-state index contributed by atoms with van der Waals surface area (Å²) in [4.78, 5) is 12.6. The first-order valence-electron chi connectivity index (χ1n) is 9.88. The van der Waals surface area contributed by atoms with Crippen LogP contribution in [0.4, 0.5) is 17.1 Å². The van der Waals surface area contributed by atoms with E-state index in [2.05, 4.69) is 10.0 Å². The fourth-order valence-electron chi connectivity index (χ4n) is 2.99.